The largest absolute Gasteiger partial charge is 0.289 e. The summed E-state index contributed by atoms with van der Waals surface area (Å²) in [5.41, 5.74) is 1.44. The molecule has 17 heavy (non-hydrogen) atoms. The van der Waals surface area contributed by atoms with Gasteiger partial charge in [0.1, 0.15) is 0 Å². The maximum absolute atomic E-state index is 11.2. The van der Waals surface area contributed by atoms with E-state index in [-0.39, 0.29) is 11.4 Å². The Morgan fingerprint density at radius 1 is 1.35 bits per heavy atom. The summed E-state index contributed by atoms with van der Waals surface area (Å²) in [6.07, 6.45) is 1.76. The standard InChI is InChI=1S/C9H14N2O4S2/c1-3-7-4-5-8(10-16(12)13)9(6-7)11-17(2,14)15/h4-6,10-11H,3H2,1-2H3,(H,12,13). The van der Waals surface area contributed by atoms with Crippen molar-refractivity contribution in [2.24, 2.45) is 0 Å². The molecule has 0 spiro atoms. The van der Waals surface area contributed by atoms with E-state index in [0.29, 0.717) is 0 Å². The van der Waals surface area contributed by atoms with Crippen LogP contribution in [0.1, 0.15) is 12.5 Å². The molecule has 1 unspecified atom stereocenters. The van der Waals surface area contributed by atoms with Gasteiger partial charge in [-0.25, -0.2) is 12.6 Å². The van der Waals surface area contributed by atoms with Crippen molar-refractivity contribution in [1.82, 2.24) is 0 Å². The molecule has 0 radical (unpaired) electrons. The molecule has 0 aliphatic heterocycles. The molecule has 0 saturated carbocycles. The number of aryl methyl sites for hydroxylation is 1. The van der Waals surface area contributed by atoms with E-state index >= 15 is 0 Å². The number of hydrogen-bond donors (Lipinski definition) is 3. The molecule has 0 aromatic heterocycles. The van der Waals surface area contributed by atoms with Crippen LogP contribution in [0.25, 0.3) is 0 Å². The zero-order valence-electron chi connectivity index (χ0n) is 9.43. The Kier molecular flexibility index (Phi) is 4.49. The molecule has 0 heterocycles. The molecule has 1 aromatic carbocycles. The lowest BCUT2D eigenvalue weighted by atomic mass is 10.1. The van der Waals surface area contributed by atoms with Gasteiger partial charge in [-0.15, -0.1) is 0 Å². The quantitative estimate of drug-likeness (QED) is 0.704. The van der Waals surface area contributed by atoms with E-state index < -0.39 is 21.3 Å². The second-order valence-corrected chi connectivity index (χ2v) is 5.91. The molecule has 0 saturated heterocycles. The molecule has 8 heteroatoms. The lowest BCUT2D eigenvalue weighted by molar-refractivity contribution is 0.570. The first kappa shape index (κ1) is 13.9. The smallest absolute Gasteiger partial charge is 0.259 e. The molecule has 0 aliphatic rings. The van der Waals surface area contributed by atoms with Crippen molar-refractivity contribution in [2.75, 3.05) is 15.7 Å². The fourth-order valence-corrected chi connectivity index (χ4v) is 2.21. The van der Waals surface area contributed by atoms with Crippen LogP contribution in [-0.2, 0) is 27.7 Å². The number of hydrogen-bond acceptors (Lipinski definition) is 3. The third kappa shape index (κ3) is 4.72. The zero-order valence-corrected chi connectivity index (χ0v) is 11.1. The van der Waals surface area contributed by atoms with Gasteiger partial charge in [0.2, 0.25) is 10.0 Å². The number of nitrogens with one attached hydrogen (secondary N) is 2. The van der Waals surface area contributed by atoms with Crippen LogP contribution in [-0.4, -0.2) is 23.4 Å². The van der Waals surface area contributed by atoms with E-state index in [1.165, 1.54) is 0 Å². The second-order valence-electron chi connectivity index (χ2n) is 3.46. The van der Waals surface area contributed by atoms with Crippen molar-refractivity contribution in [3.8, 4) is 0 Å². The third-order valence-electron chi connectivity index (χ3n) is 1.98. The molecule has 6 nitrogen and oxygen atoms in total. The van der Waals surface area contributed by atoms with Crippen molar-refractivity contribution in [1.29, 1.82) is 0 Å². The highest BCUT2D eigenvalue weighted by Crippen LogP contribution is 2.24. The first-order valence-corrected chi connectivity index (χ1v) is 7.80. The van der Waals surface area contributed by atoms with Gasteiger partial charge in [-0.2, -0.15) is 0 Å². The minimum atomic E-state index is -3.43. The van der Waals surface area contributed by atoms with Crippen LogP contribution in [0, 0.1) is 0 Å². The van der Waals surface area contributed by atoms with Gasteiger partial charge in [-0.3, -0.25) is 14.0 Å². The van der Waals surface area contributed by atoms with Crippen LogP contribution in [0.3, 0.4) is 0 Å². The molecule has 96 valence electrons. The highest BCUT2D eigenvalue weighted by Gasteiger charge is 2.09. The highest BCUT2D eigenvalue weighted by molar-refractivity contribution is 7.92. The predicted octanol–water partition coefficient (Wildman–Crippen LogP) is 1.17. The van der Waals surface area contributed by atoms with Crippen LogP contribution in [0.15, 0.2) is 18.2 Å². The summed E-state index contributed by atoms with van der Waals surface area (Å²) < 4.78 is 46.3. The van der Waals surface area contributed by atoms with E-state index in [4.69, 9.17) is 4.55 Å². The molecule has 0 amide bonds. The van der Waals surface area contributed by atoms with Crippen molar-refractivity contribution in [3.63, 3.8) is 0 Å². The molecule has 1 rings (SSSR count). The fraction of sp³-hybridized carbons (Fsp3) is 0.333. The summed E-state index contributed by atoms with van der Waals surface area (Å²) >= 11 is -2.25. The SMILES string of the molecule is CCc1ccc(NS(=O)O)c(NS(C)(=O)=O)c1. The van der Waals surface area contributed by atoms with Crippen LogP contribution >= 0.6 is 0 Å². The molecule has 0 aliphatic carbocycles. The van der Waals surface area contributed by atoms with Gasteiger partial charge in [-0.05, 0) is 24.1 Å². The second kappa shape index (κ2) is 5.48. The number of sulfonamides is 1. The molecular formula is C9H14N2O4S2. The van der Waals surface area contributed by atoms with Crippen molar-refractivity contribution in [2.45, 2.75) is 13.3 Å². The summed E-state index contributed by atoms with van der Waals surface area (Å²) in [6.45, 7) is 1.93. The topological polar surface area (TPSA) is 95.5 Å². The zero-order chi connectivity index (χ0) is 13.1. The minimum absolute atomic E-state index is 0.258. The van der Waals surface area contributed by atoms with Gasteiger partial charge >= 0.3 is 0 Å². The Bertz CT molecular complexity index is 528. The van der Waals surface area contributed by atoms with Gasteiger partial charge in [-0.1, -0.05) is 13.0 Å². The average Bonchev–Trinajstić information content (AvgIpc) is 2.17. The molecule has 0 fully saturated rings. The van der Waals surface area contributed by atoms with Crippen LogP contribution in [0.5, 0.6) is 0 Å². The van der Waals surface area contributed by atoms with E-state index in [9.17, 15) is 12.6 Å². The maximum Gasteiger partial charge on any atom is 0.259 e. The third-order valence-corrected chi connectivity index (χ3v) is 2.97. The van der Waals surface area contributed by atoms with Gasteiger partial charge in [0.25, 0.3) is 11.3 Å². The Hall–Kier alpha value is -1.12. The monoisotopic (exact) mass is 278 g/mol. The number of anilines is 2. The van der Waals surface area contributed by atoms with Crippen molar-refractivity contribution < 1.29 is 17.2 Å². The van der Waals surface area contributed by atoms with Crippen LogP contribution in [0.4, 0.5) is 11.4 Å². The van der Waals surface area contributed by atoms with E-state index in [1.807, 2.05) is 6.92 Å². The normalized spacial score (nSPS) is 13.1. The molecule has 1 atom stereocenters. The Morgan fingerprint density at radius 3 is 2.47 bits per heavy atom. The van der Waals surface area contributed by atoms with Crippen molar-refractivity contribution >= 4 is 32.7 Å². The predicted molar refractivity (Wildman–Crippen MR) is 68.7 cm³/mol. The van der Waals surface area contributed by atoms with Gasteiger partial charge < -0.3 is 0 Å². The minimum Gasteiger partial charge on any atom is -0.289 e. The van der Waals surface area contributed by atoms with Gasteiger partial charge in [0.05, 0.1) is 17.6 Å². The van der Waals surface area contributed by atoms with Crippen molar-refractivity contribution in [3.05, 3.63) is 23.8 Å². The van der Waals surface area contributed by atoms with Gasteiger partial charge in [0.15, 0.2) is 0 Å². The summed E-state index contributed by atoms with van der Waals surface area (Å²) in [4.78, 5) is 0. The summed E-state index contributed by atoms with van der Waals surface area (Å²) in [7, 11) is -3.43. The van der Waals surface area contributed by atoms with Gasteiger partial charge in [0, 0.05) is 0 Å². The molecule has 0 bridgehead atoms. The maximum atomic E-state index is 11.2. The van der Waals surface area contributed by atoms with E-state index in [0.717, 1.165) is 18.2 Å². The summed E-state index contributed by atoms with van der Waals surface area (Å²) in [5, 5.41) is 0. The average molecular weight is 278 g/mol. The highest BCUT2D eigenvalue weighted by atomic mass is 32.2. The Balaban J connectivity index is 3.15. The molecular weight excluding hydrogens is 264 g/mol. The first-order valence-electron chi connectivity index (χ1n) is 4.80. The Morgan fingerprint density at radius 2 is 2.00 bits per heavy atom. The molecule has 3 N–H and O–H groups in total. The summed E-state index contributed by atoms with van der Waals surface area (Å²) in [6, 6.07) is 4.93. The lowest BCUT2D eigenvalue weighted by Crippen LogP contribution is -2.13. The van der Waals surface area contributed by atoms with E-state index in [1.54, 1.807) is 18.2 Å². The van der Waals surface area contributed by atoms with E-state index in [2.05, 4.69) is 9.44 Å². The van der Waals surface area contributed by atoms with Crippen LogP contribution < -0.4 is 9.44 Å². The molecule has 1 aromatic rings. The Labute approximate surface area is 103 Å². The van der Waals surface area contributed by atoms with Crippen LogP contribution in [0.2, 0.25) is 0 Å². The number of rotatable bonds is 5. The number of benzene rings is 1. The first-order chi connectivity index (χ1) is 7.81. The lowest BCUT2D eigenvalue weighted by Gasteiger charge is -2.12. The fourth-order valence-electron chi connectivity index (χ4n) is 1.28. The summed E-state index contributed by atoms with van der Waals surface area (Å²) in [5.74, 6) is 0.